The van der Waals surface area contributed by atoms with Crippen LogP contribution in [0.3, 0.4) is 0 Å². The molecule has 4 nitrogen and oxygen atoms in total. The van der Waals surface area contributed by atoms with Gasteiger partial charge in [0.1, 0.15) is 11.6 Å². The third-order valence-corrected chi connectivity index (χ3v) is 3.59. The smallest absolute Gasteiger partial charge is 0.161 e. The number of hydrogen-bond acceptors (Lipinski definition) is 4. The second kappa shape index (κ2) is 5.03. The lowest BCUT2D eigenvalue weighted by molar-refractivity contribution is -0.130. The molecule has 1 aromatic carbocycles. The number of ketones is 2. The van der Waals surface area contributed by atoms with Crippen molar-refractivity contribution >= 4 is 11.6 Å². The van der Waals surface area contributed by atoms with Crippen LogP contribution in [0.15, 0.2) is 18.2 Å². The van der Waals surface area contributed by atoms with Gasteiger partial charge in [0, 0.05) is 19.3 Å². The number of benzene rings is 1. The highest BCUT2D eigenvalue weighted by atomic mass is 16.5. The molecule has 0 bridgehead atoms. The highest BCUT2D eigenvalue weighted by molar-refractivity contribution is 6.02. The van der Waals surface area contributed by atoms with Crippen molar-refractivity contribution in [2.75, 3.05) is 13.2 Å². The number of Topliss-reactive ketones (excluding diaryl/α,β-unsaturated/α-hetero) is 2. The molecule has 2 aliphatic rings. The molecular formula is C15H16O4. The minimum Gasteiger partial charge on any atom is -0.490 e. The van der Waals surface area contributed by atoms with Crippen LogP contribution in [0, 0.1) is 0 Å². The van der Waals surface area contributed by atoms with Crippen LogP contribution in [0.1, 0.15) is 37.2 Å². The molecule has 3 rings (SSSR count). The summed E-state index contributed by atoms with van der Waals surface area (Å²) in [6.07, 6.45) is 1.86. The normalized spacial score (nSPS) is 20.2. The van der Waals surface area contributed by atoms with E-state index in [9.17, 15) is 9.59 Å². The Bertz CT molecular complexity index is 505. The third kappa shape index (κ3) is 2.62. The van der Waals surface area contributed by atoms with E-state index in [1.165, 1.54) is 0 Å². The van der Waals surface area contributed by atoms with E-state index >= 15 is 0 Å². The maximum absolute atomic E-state index is 11.5. The van der Waals surface area contributed by atoms with Gasteiger partial charge < -0.3 is 9.47 Å². The van der Waals surface area contributed by atoms with Crippen molar-refractivity contribution < 1.29 is 19.1 Å². The maximum atomic E-state index is 11.5. The van der Waals surface area contributed by atoms with Crippen LogP contribution < -0.4 is 9.47 Å². The van der Waals surface area contributed by atoms with Gasteiger partial charge in [-0.05, 0) is 23.6 Å². The average molecular weight is 260 g/mol. The standard InChI is InChI=1S/C15H16O4/c16-12-6-11(7-13(17)9-12)10-2-3-14-15(8-10)19-5-1-4-18-14/h2-3,8,11H,1,4-7,9H2. The summed E-state index contributed by atoms with van der Waals surface area (Å²) < 4.78 is 11.2. The zero-order valence-corrected chi connectivity index (χ0v) is 10.7. The first kappa shape index (κ1) is 12.2. The molecule has 1 heterocycles. The fourth-order valence-electron chi connectivity index (χ4n) is 2.66. The van der Waals surface area contributed by atoms with Crippen molar-refractivity contribution in [2.24, 2.45) is 0 Å². The topological polar surface area (TPSA) is 52.6 Å². The van der Waals surface area contributed by atoms with Crippen molar-refractivity contribution in [2.45, 2.75) is 31.6 Å². The molecule has 1 saturated carbocycles. The monoisotopic (exact) mass is 260 g/mol. The van der Waals surface area contributed by atoms with E-state index in [-0.39, 0.29) is 23.9 Å². The van der Waals surface area contributed by atoms with Crippen LogP contribution in [-0.4, -0.2) is 24.8 Å². The molecule has 0 saturated heterocycles. The molecule has 19 heavy (non-hydrogen) atoms. The van der Waals surface area contributed by atoms with Gasteiger partial charge >= 0.3 is 0 Å². The molecule has 0 atom stereocenters. The molecule has 1 aliphatic carbocycles. The lowest BCUT2D eigenvalue weighted by Gasteiger charge is -2.21. The van der Waals surface area contributed by atoms with Crippen molar-refractivity contribution in [3.05, 3.63) is 23.8 Å². The van der Waals surface area contributed by atoms with Crippen molar-refractivity contribution in [1.29, 1.82) is 0 Å². The Balaban J connectivity index is 1.87. The molecule has 0 radical (unpaired) electrons. The van der Waals surface area contributed by atoms with Crippen LogP contribution in [0.2, 0.25) is 0 Å². The predicted octanol–water partition coefficient (Wildman–Crippen LogP) is 2.25. The number of hydrogen-bond donors (Lipinski definition) is 0. The Labute approximate surface area is 111 Å². The lowest BCUT2D eigenvalue weighted by Crippen LogP contribution is -2.21. The fraction of sp³-hybridized carbons (Fsp3) is 0.467. The molecule has 4 heteroatoms. The van der Waals surface area contributed by atoms with E-state index in [1.54, 1.807) is 0 Å². The molecule has 0 N–H and O–H groups in total. The van der Waals surface area contributed by atoms with E-state index in [2.05, 4.69) is 0 Å². The van der Waals surface area contributed by atoms with Crippen LogP contribution in [0.5, 0.6) is 11.5 Å². The van der Waals surface area contributed by atoms with Gasteiger partial charge in [0.15, 0.2) is 11.5 Å². The SMILES string of the molecule is O=C1CC(=O)CC(c2ccc3c(c2)OCCCO3)C1. The zero-order chi connectivity index (χ0) is 13.2. The van der Waals surface area contributed by atoms with E-state index in [0.29, 0.717) is 26.1 Å². The Morgan fingerprint density at radius 2 is 1.63 bits per heavy atom. The number of rotatable bonds is 1. The minimum absolute atomic E-state index is 0.00842. The molecular weight excluding hydrogens is 244 g/mol. The zero-order valence-electron chi connectivity index (χ0n) is 10.7. The number of ether oxygens (including phenoxy) is 2. The van der Waals surface area contributed by atoms with E-state index < -0.39 is 0 Å². The van der Waals surface area contributed by atoms with Crippen LogP contribution in [-0.2, 0) is 9.59 Å². The predicted molar refractivity (Wildman–Crippen MR) is 68.7 cm³/mol. The summed E-state index contributed by atoms with van der Waals surface area (Å²) in [6.45, 7) is 1.30. The van der Waals surface area contributed by atoms with Gasteiger partial charge in [0.2, 0.25) is 0 Å². The number of carbonyl (C=O) groups is 2. The van der Waals surface area contributed by atoms with Gasteiger partial charge in [0.05, 0.1) is 19.6 Å². The second-order valence-corrected chi connectivity index (χ2v) is 5.12. The van der Waals surface area contributed by atoms with Gasteiger partial charge in [0.25, 0.3) is 0 Å². The van der Waals surface area contributed by atoms with Crippen molar-refractivity contribution in [3.8, 4) is 11.5 Å². The summed E-state index contributed by atoms with van der Waals surface area (Å²) in [6, 6.07) is 5.72. The summed E-state index contributed by atoms with van der Waals surface area (Å²) in [5, 5.41) is 0. The van der Waals surface area contributed by atoms with Gasteiger partial charge in [-0.3, -0.25) is 9.59 Å². The first-order chi connectivity index (χ1) is 9.22. The van der Waals surface area contributed by atoms with Crippen LogP contribution in [0.4, 0.5) is 0 Å². The van der Waals surface area contributed by atoms with E-state index in [0.717, 1.165) is 23.5 Å². The van der Waals surface area contributed by atoms with Crippen molar-refractivity contribution in [1.82, 2.24) is 0 Å². The molecule has 0 amide bonds. The Morgan fingerprint density at radius 3 is 2.37 bits per heavy atom. The molecule has 1 aliphatic heterocycles. The van der Waals surface area contributed by atoms with Crippen molar-refractivity contribution in [3.63, 3.8) is 0 Å². The second-order valence-electron chi connectivity index (χ2n) is 5.12. The first-order valence-electron chi connectivity index (χ1n) is 6.65. The maximum Gasteiger partial charge on any atom is 0.161 e. The summed E-state index contributed by atoms with van der Waals surface area (Å²) in [4.78, 5) is 23.0. The average Bonchev–Trinajstić information content (AvgIpc) is 2.61. The van der Waals surface area contributed by atoms with Gasteiger partial charge in [-0.25, -0.2) is 0 Å². The molecule has 1 aromatic rings. The summed E-state index contributed by atoms with van der Waals surface area (Å²) in [5.41, 5.74) is 0.991. The Hall–Kier alpha value is -1.84. The lowest BCUT2D eigenvalue weighted by atomic mass is 9.82. The van der Waals surface area contributed by atoms with Gasteiger partial charge in [-0.2, -0.15) is 0 Å². The summed E-state index contributed by atoms with van der Waals surface area (Å²) >= 11 is 0. The summed E-state index contributed by atoms with van der Waals surface area (Å²) in [7, 11) is 0. The molecule has 100 valence electrons. The largest absolute Gasteiger partial charge is 0.490 e. The fourth-order valence-corrected chi connectivity index (χ4v) is 2.66. The first-order valence-corrected chi connectivity index (χ1v) is 6.65. The molecule has 1 fully saturated rings. The quantitative estimate of drug-likeness (QED) is 0.727. The summed E-state index contributed by atoms with van der Waals surface area (Å²) in [5.74, 6) is 1.53. The highest BCUT2D eigenvalue weighted by Crippen LogP contribution is 2.36. The van der Waals surface area contributed by atoms with E-state index in [4.69, 9.17) is 9.47 Å². The van der Waals surface area contributed by atoms with Gasteiger partial charge in [-0.15, -0.1) is 0 Å². The Kier molecular flexibility index (Phi) is 3.23. The van der Waals surface area contributed by atoms with Crippen LogP contribution in [0.25, 0.3) is 0 Å². The Morgan fingerprint density at radius 1 is 0.947 bits per heavy atom. The van der Waals surface area contributed by atoms with E-state index in [1.807, 2.05) is 18.2 Å². The third-order valence-electron chi connectivity index (χ3n) is 3.59. The van der Waals surface area contributed by atoms with Gasteiger partial charge in [-0.1, -0.05) is 6.07 Å². The number of fused-ring (bicyclic) bond motifs is 1. The molecule has 0 aromatic heterocycles. The minimum atomic E-state index is -0.00842. The highest BCUT2D eigenvalue weighted by Gasteiger charge is 2.27. The number of carbonyl (C=O) groups excluding carboxylic acids is 2. The molecule has 0 unspecified atom stereocenters. The van der Waals surface area contributed by atoms with Crippen LogP contribution >= 0.6 is 0 Å². The molecule has 0 spiro atoms.